The maximum atomic E-state index is 13.2. The molecule has 3 N–H and O–H groups in total. The highest BCUT2D eigenvalue weighted by molar-refractivity contribution is 5.92. The molecule has 0 spiro atoms. The molecule has 1 aromatic carbocycles. The normalized spacial score (nSPS) is 30.0. The number of pyridine rings is 1. The first-order valence-electron chi connectivity index (χ1n) is 12.7. The third-order valence-corrected chi connectivity index (χ3v) is 8.11. The molecule has 1 saturated carbocycles. The van der Waals surface area contributed by atoms with Gasteiger partial charge in [0.25, 0.3) is 0 Å². The Morgan fingerprint density at radius 2 is 1.63 bits per heavy atom. The van der Waals surface area contributed by atoms with E-state index in [0.29, 0.717) is 29.8 Å². The lowest BCUT2D eigenvalue weighted by atomic mass is 9.82. The Labute approximate surface area is 205 Å². The highest BCUT2D eigenvalue weighted by Gasteiger charge is 2.45. The number of nitrogens with one attached hydrogen (secondary N) is 3. The SMILES string of the molecule is O=C(/C=C/c1ccc(-c2ccccn2)cc1)N1C[C@@H]2CN(C(=O)C3CCC4NNNC4C3)C[C@H]2C1. The average molecular weight is 473 g/mol. The second-order valence-electron chi connectivity index (χ2n) is 10.3. The number of carbonyl (C=O) groups excluding carboxylic acids is 2. The lowest BCUT2D eigenvalue weighted by molar-refractivity contribution is -0.136. The summed E-state index contributed by atoms with van der Waals surface area (Å²) in [5, 5.41) is 0. The Morgan fingerprint density at radius 1 is 0.886 bits per heavy atom. The van der Waals surface area contributed by atoms with E-state index in [0.717, 1.165) is 62.3 Å². The van der Waals surface area contributed by atoms with Gasteiger partial charge < -0.3 is 9.80 Å². The fourth-order valence-electron chi connectivity index (χ4n) is 6.14. The van der Waals surface area contributed by atoms with Crippen molar-refractivity contribution in [3.05, 3.63) is 60.3 Å². The Kier molecular flexibility index (Phi) is 6.10. The summed E-state index contributed by atoms with van der Waals surface area (Å²) < 4.78 is 0. The number of nitrogens with zero attached hydrogens (tertiary/aromatic N) is 3. The van der Waals surface area contributed by atoms with Gasteiger partial charge in [0.2, 0.25) is 11.8 Å². The van der Waals surface area contributed by atoms with Crippen molar-refractivity contribution in [2.75, 3.05) is 26.2 Å². The van der Waals surface area contributed by atoms with Crippen molar-refractivity contribution in [1.82, 2.24) is 31.2 Å². The van der Waals surface area contributed by atoms with Gasteiger partial charge in [-0.25, -0.2) is 10.9 Å². The number of rotatable bonds is 4. The van der Waals surface area contributed by atoms with Gasteiger partial charge in [0.1, 0.15) is 0 Å². The lowest BCUT2D eigenvalue weighted by Gasteiger charge is -2.32. The zero-order valence-electron chi connectivity index (χ0n) is 19.8. The fraction of sp³-hybridized carbons (Fsp3) is 0.444. The van der Waals surface area contributed by atoms with Crippen molar-refractivity contribution in [2.24, 2.45) is 17.8 Å². The van der Waals surface area contributed by atoms with Crippen LogP contribution in [0.2, 0.25) is 0 Å². The van der Waals surface area contributed by atoms with E-state index in [4.69, 9.17) is 0 Å². The molecule has 4 heterocycles. The van der Waals surface area contributed by atoms with Crippen molar-refractivity contribution in [3.8, 4) is 11.3 Å². The number of fused-ring (bicyclic) bond motifs is 2. The standard InChI is InChI=1S/C27H32N6O2/c34-26(11-6-18-4-7-19(8-5-18)23-3-1-2-12-28-23)32-14-21-16-33(17-22(21)15-32)27(35)20-9-10-24-25(13-20)30-31-29-24/h1-8,11-12,20-22,24-25,29-31H,9-10,13-17H2/b11-6+/t20?,21-,22-,24?,25?/m1/s1. The minimum absolute atomic E-state index is 0.0525. The van der Waals surface area contributed by atoms with E-state index in [1.165, 1.54) is 0 Å². The zero-order valence-corrected chi connectivity index (χ0v) is 19.8. The summed E-state index contributed by atoms with van der Waals surface area (Å²) >= 11 is 0. The number of hydrogen-bond donors (Lipinski definition) is 3. The molecule has 182 valence electrons. The number of likely N-dealkylation sites (tertiary alicyclic amines) is 2. The molecule has 3 aliphatic heterocycles. The van der Waals surface area contributed by atoms with Crippen LogP contribution in [0.25, 0.3) is 17.3 Å². The highest BCUT2D eigenvalue weighted by Crippen LogP contribution is 2.34. The summed E-state index contributed by atoms with van der Waals surface area (Å²) in [5.74, 6) is 1.24. The predicted molar refractivity (Wildman–Crippen MR) is 133 cm³/mol. The van der Waals surface area contributed by atoms with Crippen LogP contribution in [-0.2, 0) is 9.59 Å². The molecule has 8 nitrogen and oxygen atoms in total. The van der Waals surface area contributed by atoms with E-state index in [9.17, 15) is 9.59 Å². The van der Waals surface area contributed by atoms with Crippen LogP contribution in [0.3, 0.4) is 0 Å². The third kappa shape index (κ3) is 4.61. The minimum Gasteiger partial charge on any atom is -0.342 e. The van der Waals surface area contributed by atoms with Crippen LogP contribution in [0, 0.1) is 17.8 Å². The molecule has 4 fully saturated rings. The molecule has 2 amide bonds. The highest BCUT2D eigenvalue weighted by atomic mass is 16.2. The number of carbonyl (C=O) groups is 2. The molecule has 8 heteroatoms. The first kappa shape index (κ1) is 22.4. The molecule has 4 aliphatic rings. The Morgan fingerprint density at radius 3 is 2.37 bits per heavy atom. The van der Waals surface area contributed by atoms with Gasteiger partial charge in [0, 0.05) is 73.9 Å². The van der Waals surface area contributed by atoms with Crippen molar-refractivity contribution < 1.29 is 9.59 Å². The number of benzene rings is 1. The van der Waals surface area contributed by atoms with Gasteiger partial charge >= 0.3 is 0 Å². The number of amides is 2. The van der Waals surface area contributed by atoms with Crippen LogP contribution in [0.5, 0.6) is 0 Å². The molecule has 2 aromatic rings. The van der Waals surface area contributed by atoms with Crippen LogP contribution in [0.4, 0.5) is 0 Å². The zero-order chi connectivity index (χ0) is 23.8. The van der Waals surface area contributed by atoms with Gasteiger partial charge in [-0.2, -0.15) is 5.53 Å². The summed E-state index contributed by atoms with van der Waals surface area (Å²) in [6.45, 7) is 3.03. The monoisotopic (exact) mass is 472 g/mol. The van der Waals surface area contributed by atoms with E-state index in [1.807, 2.05) is 53.4 Å². The molecule has 5 atom stereocenters. The predicted octanol–water partition coefficient (Wildman–Crippen LogP) is 1.83. The maximum Gasteiger partial charge on any atom is 0.246 e. The van der Waals surface area contributed by atoms with Gasteiger partial charge in [0.15, 0.2) is 0 Å². The number of hydrogen-bond acceptors (Lipinski definition) is 6. The summed E-state index contributed by atoms with van der Waals surface area (Å²) in [7, 11) is 0. The van der Waals surface area contributed by atoms with E-state index in [-0.39, 0.29) is 11.8 Å². The van der Waals surface area contributed by atoms with Crippen LogP contribution >= 0.6 is 0 Å². The van der Waals surface area contributed by atoms with Crippen molar-refractivity contribution in [2.45, 2.75) is 31.3 Å². The van der Waals surface area contributed by atoms with Crippen molar-refractivity contribution >= 4 is 17.9 Å². The molecule has 35 heavy (non-hydrogen) atoms. The van der Waals surface area contributed by atoms with E-state index < -0.39 is 0 Å². The molecular formula is C27H32N6O2. The summed E-state index contributed by atoms with van der Waals surface area (Å²) in [4.78, 5) is 34.4. The first-order valence-corrected chi connectivity index (χ1v) is 12.7. The Hall–Kier alpha value is -3.07. The molecule has 3 saturated heterocycles. The Bertz CT molecular complexity index is 1090. The largest absolute Gasteiger partial charge is 0.342 e. The summed E-state index contributed by atoms with van der Waals surface area (Å²) in [5.41, 5.74) is 12.5. The molecule has 1 aliphatic carbocycles. The van der Waals surface area contributed by atoms with Crippen LogP contribution in [0.15, 0.2) is 54.7 Å². The van der Waals surface area contributed by atoms with Crippen LogP contribution in [-0.4, -0.2) is 64.9 Å². The minimum atomic E-state index is 0.0525. The summed E-state index contributed by atoms with van der Waals surface area (Å²) in [6, 6.07) is 14.7. The van der Waals surface area contributed by atoms with Gasteiger partial charge in [-0.1, -0.05) is 30.3 Å². The van der Waals surface area contributed by atoms with Gasteiger partial charge in [-0.3, -0.25) is 14.6 Å². The average Bonchev–Trinajstić information content (AvgIpc) is 3.62. The van der Waals surface area contributed by atoms with Gasteiger partial charge in [-0.05, 0) is 43.0 Å². The molecule has 6 rings (SSSR count). The van der Waals surface area contributed by atoms with E-state index in [1.54, 1.807) is 12.3 Å². The van der Waals surface area contributed by atoms with Crippen LogP contribution in [0.1, 0.15) is 24.8 Å². The van der Waals surface area contributed by atoms with Crippen molar-refractivity contribution in [1.29, 1.82) is 0 Å². The topological polar surface area (TPSA) is 89.6 Å². The number of hydrazine groups is 2. The first-order chi connectivity index (χ1) is 17.1. The second kappa shape index (κ2) is 9.53. The van der Waals surface area contributed by atoms with Crippen molar-refractivity contribution in [3.63, 3.8) is 0 Å². The lowest BCUT2D eigenvalue weighted by Crippen LogP contribution is -2.45. The second-order valence-corrected chi connectivity index (χ2v) is 10.3. The van der Waals surface area contributed by atoms with Gasteiger partial charge in [-0.15, -0.1) is 0 Å². The fourth-order valence-corrected chi connectivity index (χ4v) is 6.14. The van der Waals surface area contributed by atoms with E-state index >= 15 is 0 Å². The third-order valence-electron chi connectivity index (χ3n) is 8.11. The Balaban J connectivity index is 1.00. The maximum absolute atomic E-state index is 13.2. The molecule has 0 bridgehead atoms. The quantitative estimate of drug-likeness (QED) is 0.589. The smallest absolute Gasteiger partial charge is 0.246 e. The van der Waals surface area contributed by atoms with E-state index in [2.05, 4.69) is 26.3 Å². The molecular weight excluding hydrogens is 440 g/mol. The molecule has 1 aromatic heterocycles. The molecule has 3 unspecified atom stereocenters. The molecule has 0 radical (unpaired) electrons. The summed E-state index contributed by atoms with van der Waals surface area (Å²) in [6.07, 6.45) is 8.19. The number of aromatic nitrogens is 1. The van der Waals surface area contributed by atoms with Crippen LogP contribution < -0.4 is 16.4 Å². The van der Waals surface area contributed by atoms with Gasteiger partial charge in [0.05, 0.1) is 5.69 Å².